The Morgan fingerprint density at radius 2 is 1.81 bits per heavy atom. The Morgan fingerprint density at radius 1 is 1.24 bits per heavy atom. The molecule has 0 N–H and O–H groups in total. The van der Waals surface area contributed by atoms with E-state index >= 15 is 0 Å². The van der Waals surface area contributed by atoms with E-state index in [9.17, 15) is 4.79 Å². The van der Waals surface area contributed by atoms with E-state index in [1.165, 1.54) is 6.92 Å². The Hall–Kier alpha value is -1.64. The van der Waals surface area contributed by atoms with Crippen LogP contribution in [0.25, 0.3) is 0 Å². The smallest absolute Gasteiger partial charge is 0.399 e. The van der Waals surface area contributed by atoms with Crippen LogP contribution in [-0.2, 0) is 14.1 Å². The molecule has 0 bridgehead atoms. The summed E-state index contributed by atoms with van der Waals surface area (Å²) in [7, 11) is -0.485. The molecule has 0 saturated carbocycles. The summed E-state index contributed by atoms with van der Waals surface area (Å²) >= 11 is 0. The quantitative estimate of drug-likeness (QED) is 0.799. The van der Waals surface area contributed by atoms with Gasteiger partial charge in [0.2, 0.25) is 0 Å². The normalized spacial score (nSPS) is 20.9. The zero-order valence-electron chi connectivity index (χ0n) is 13.1. The highest BCUT2D eigenvalue weighted by Gasteiger charge is 2.51. The van der Waals surface area contributed by atoms with Crippen molar-refractivity contribution in [3.8, 4) is 6.07 Å². The van der Waals surface area contributed by atoms with E-state index in [1.54, 1.807) is 6.07 Å². The molecule has 1 fully saturated rings. The van der Waals surface area contributed by atoms with Gasteiger partial charge in [0.05, 0.1) is 17.3 Å². The van der Waals surface area contributed by atoms with Crippen LogP contribution in [0.4, 0.5) is 0 Å². The van der Waals surface area contributed by atoms with E-state index < -0.39 is 24.2 Å². The highest BCUT2D eigenvalue weighted by molar-refractivity contribution is 6.62. The largest absolute Gasteiger partial charge is 0.494 e. The molecule has 1 aromatic carbocycles. The molecule has 21 heavy (non-hydrogen) atoms. The number of benzene rings is 1. The minimum atomic E-state index is -0.743. The molecule has 1 saturated heterocycles. The van der Waals surface area contributed by atoms with Gasteiger partial charge in [0.1, 0.15) is 5.92 Å². The molecule has 0 spiro atoms. The summed E-state index contributed by atoms with van der Waals surface area (Å²) < 4.78 is 12.0. The van der Waals surface area contributed by atoms with E-state index in [4.69, 9.17) is 14.6 Å². The first kappa shape index (κ1) is 15.7. The lowest BCUT2D eigenvalue weighted by molar-refractivity contribution is -0.117. The van der Waals surface area contributed by atoms with Crippen molar-refractivity contribution >= 4 is 18.4 Å². The topological polar surface area (TPSA) is 59.3 Å². The molecule has 0 unspecified atom stereocenters. The van der Waals surface area contributed by atoms with Crippen molar-refractivity contribution in [1.29, 1.82) is 5.26 Å². The van der Waals surface area contributed by atoms with E-state index in [1.807, 2.05) is 52.0 Å². The van der Waals surface area contributed by atoms with Gasteiger partial charge in [0.25, 0.3) is 0 Å². The van der Waals surface area contributed by atoms with Gasteiger partial charge in [-0.1, -0.05) is 24.3 Å². The average molecular weight is 285 g/mol. The van der Waals surface area contributed by atoms with Crippen LogP contribution in [0.5, 0.6) is 0 Å². The fourth-order valence-corrected chi connectivity index (χ4v) is 2.26. The van der Waals surface area contributed by atoms with Crippen LogP contribution in [0, 0.1) is 11.3 Å². The first-order chi connectivity index (χ1) is 9.68. The first-order valence-corrected chi connectivity index (χ1v) is 7.03. The van der Waals surface area contributed by atoms with Crippen molar-refractivity contribution in [1.82, 2.24) is 0 Å². The fraction of sp³-hybridized carbons (Fsp3) is 0.500. The number of ketones is 1. The van der Waals surface area contributed by atoms with Crippen molar-refractivity contribution in [2.75, 3.05) is 0 Å². The third-order valence-corrected chi connectivity index (χ3v) is 4.31. The van der Waals surface area contributed by atoms with Crippen LogP contribution in [0.15, 0.2) is 24.3 Å². The van der Waals surface area contributed by atoms with Crippen LogP contribution >= 0.6 is 0 Å². The molecule has 4 nitrogen and oxygen atoms in total. The summed E-state index contributed by atoms with van der Waals surface area (Å²) in [6, 6.07) is 9.35. The minimum absolute atomic E-state index is 0.163. The lowest BCUT2D eigenvalue weighted by atomic mass is 9.77. The second-order valence-corrected chi connectivity index (χ2v) is 6.43. The summed E-state index contributed by atoms with van der Waals surface area (Å²) in [6.07, 6.45) is 0. The van der Waals surface area contributed by atoms with Crippen molar-refractivity contribution in [2.45, 2.75) is 51.7 Å². The highest BCUT2D eigenvalue weighted by Crippen LogP contribution is 2.36. The van der Waals surface area contributed by atoms with Crippen LogP contribution in [0.1, 0.15) is 46.1 Å². The molecule has 0 radical (unpaired) electrons. The van der Waals surface area contributed by atoms with Crippen molar-refractivity contribution in [2.24, 2.45) is 0 Å². The third kappa shape index (κ3) is 2.87. The molecule has 5 heteroatoms. The lowest BCUT2D eigenvalue weighted by Gasteiger charge is -2.32. The van der Waals surface area contributed by atoms with Gasteiger partial charge in [0, 0.05) is 0 Å². The molecule has 110 valence electrons. The molecule has 0 aliphatic carbocycles. The van der Waals surface area contributed by atoms with E-state index in [0.717, 1.165) is 5.46 Å². The Labute approximate surface area is 126 Å². The van der Waals surface area contributed by atoms with Gasteiger partial charge in [-0.2, -0.15) is 5.26 Å². The maximum atomic E-state index is 11.5. The monoisotopic (exact) mass is 285 g/mol. The Kier molecular flexibility index (Phi) is 3.96. The van der Waals surface area contributed by atoms with Crippen LogP contribution in [-0.4, -0.2) is 24.1 Å². The van der Waals surface area contributed by atoms with Gasteiger partial charge in [0.15, 0.2) is 5.78 Å². The lowest BCUT2D eigenvalue weighted by Crippen LogP contribution is -2.41. The SMILES string of the molecule is CC(=O)[C@@H](C#N)c1cccc(B2OC(C)(C)C(C)(C)O2)c1. The molecule has 1 aliphatic heterocycles. The number of nitrogens with zero attached hydrogens (tertiary/aromatic N) is 1. The van der Waals surface area contributed by atoms with Gasteiger partial charge in [-0.15, -0.1) is 0 Å². The highest BCUT2D eigenvalue weighted by atomic mass is 16.7. The number of carbonyl (C=O) groups is 1. The van der Waals surface area contributed by atoms with Crippen molar-refractivity contribution < 1.29 is 14.1 Å². The summed E-state index contributed by atoms with van der Waals surface area (Å²) in [6.45, 7) is 9.39. The number of carbonyl (C=O) groups excluding carboxylic acids is 1. The van der Waals surface area contributed by atoms with Gasteiger partial charge in [-0.3, -0.25) is 4.79 Å². The first-order valence-electron chi connectivity index (χ1n) is 7.03. The number of nitriles is 1. The maximum absolute atomic E-state index is 11.5. The van der Waals surface area contributed by atoms with Gasteiger partial charge < -0.3 is 9.31 Å². The van der Waals surface area contributed by atoms with Gasteiger partial charge in [-0.05, 0) is 45.6 Å². The fourth-order valence-electron chi connectivity index (χ4n) is 2.26. The summed E-state index contributed by atoms with van der Waals surface area (Å²) in [5, 5.41) is 9.14. The van der Waals surface area contributed by atoms with E-state index in [0.29, 0.717) is 5.56 Å². The second kappa shape index (κ2) is 5.29. The zero-order valence-corrected chi connectivity index (χ0v) is 13.1. The van der Waals surface area contributed by atoms with E-state index in [2.05, 4.69) is 0 Å². The summed E-state index contributed by atoms with van der Waals surface area (Å²) in [4.78, 5) is 11.5. The minimum Gasteiger partial charge on any atom is -0.399 e. The standard InChI is InChI=1S/C16H20BNO3/c1-11(19)14(10-18)12-7-6-8-13(9-12)17-20-15(2,3)16(4,5)21-17/h6-9,14H,1-5H3/t14-/m1/s1. The van der Waals surface area contributed by atoms with Gasteiger partial charge in [-0.25, -0.2) is 0 Å². The predicted octanol–water partition coefficient (Wildman–Crippen LogP) is 2.18. The zero-order chi connectivity index (χ0) is 15.8. The molecule has 1 heterocycles. The summed E-state index contributed by atoms with van der Waals surface area (Å²) in [5.41, 5.74) is 0.677. The second-order valence-electron chi connectivity index (χ2n) is 6.43. The van der Waals surface area contributed by atoms with Crippen molar-refractivity contribution in [3.05, 3.63) is 29.8 Å². The van der Waals surface area contributed by atoms with Crippen molar-refractivity contribution in [3.63, 3.8) is 0 Å². The van der Waals surface area contributed by atoms with Crippen LogP contribution in [0.3, 0.4) is 0 Å². The predicted molar refractivity (Wildman–Crippen MR) is 81.2 cm³/mol. The molecule has 1 atom stereocenters. The third-order valence-electron chi connectivity index (χ3n) is 4.31. The molecular formula is C16H20BNO3. The number of rotatable bonds is 3. The number of hydrogen-bond donors (Lipinski definition) is 0. The Morgan fingerprint density at radius 3 is 2.29 bits per heavy atom. The Bertz CT molecular complexity index is 588. The number of hydrogen-bond acceptors (Lipinski definition) is 4. The molecule has 1 aromatic rings. The maximum Gasteiger partial charge on any atom is 0.494 e. The van der Waals surface area contributed by atoms with Gasteiger partial charge >= 0.3 is 7.12 Å². The molecule has 1 aliphatic rings. The molecule has 0 amide bonds. The molecule has 2 rings (SSSR count). The van der Waals surface area contributed by atoms with Crippen LogP contribution < -0.4 is 5.46 Å². The Balaban J connectivity index is 2.32. The molecule has 0 aromatic heterocycles. The number of Topliss-reactive ketones (excluding diaryl/α,β-unsaturated/α-hetero) is 1. The van der Waals surface area contributed by atoms with E-state index in [-0.39, 0.29) is 5.78 Å². The summed E-state index contributed by atoms with van der Waals surface area (Å²) in [5.74, 6) is -0.907. The van der Waals surface area contributed by atoms with Crippen LogP contribution in [0.2, 0.25) is 0 Å². The molecular weight excluding hydrogens is 265 g/mol. The average Bonchev–Trinajstić information content (AvgIpc) is 2.59.